The molecule has 0 bridgehead atoms. The molecule has 1 aromatic carbocycles. The molecule has 0 heterocycles. The SMILES string of the molecule is Cc1ccc(C2(CNC3CC3)CC3(CCC3)C2)cc1. The first-order chi connectivity index (χ1) is 9.20. The van der Waals surface area contributed by atoms with Gasteiger partial charge in [0.25, 0.3) is 0 Å². The van der Waals surface area contributed by atoms with Gasteiger partial charge < -0.3 is 5.32 Å². The van der Waals surface area contributed by atoms with Crippen LogP contribution >= 0.6 is 0 Å². The van der Waals surface area contributed by atoms with Crippen molar-refractivity contribution in [1.82, 2.24) is 5.32 Å². The third-order valence-corrected chi connectivity index (χ3v) is 5.81. The minimum absolute atomic E-state index is 0.455. The Morgan fingerprint density at radius 2 is 1.79 bits per heavy atom. The van der Waals surface area contributed by atoms with Crippen molar-refractivity contribution >= 4 is 0 Å². The van der Waals surface area contributed by atoms with Crippen LogP contribution in [0.5, 0.6) is 0 Å². The highest BCUT2D eigenvalue weighted by molar-refractivity contribution is 5.34. The molecule has 0 aromatic heterocycles. The molecule has 1 aromatic rings. The fraction of sp³-hybridized carbons (Fsp3) is 0.667. The zero-order valence-corrected chi connectivity index (χ0v) is 12.0. The van der Waals surface area contributed by atoms with Gasteiger partial charge >= 0.3 is 0 Å². The van der Waals surface area contributed by atoms with E-state index in [1.54, 1.807) is 5.56 Å². The summed E-state index contributed by atoms with van der Waals surface area (Å²) in [4.78, 5) is 0. The summed E-state index contributed by atoms with van der Waals surface area (Å²) in [5.41, 5.74) is 4.17. The lowest BCUT2D eigenvalue weighted by molar-refractivity contribution is -0.0484. The molecule has 3 saturated carbocycles. The summed E-state index contributed by atoms with van der Waals surface area (Å²) in [7, 11) is 0. The quantitative estimate of drug-likeness (QED) is 0.859. The first kappa shape index (κ1) is 12.0. The van der Waals surface area contributed by atoms with Crippen LogP contribution in [0, 0.1) is 12.3 Å². The molecule has 0 atom stereocenters. The van der Waals surface area contributed by atoms with Gasteiger partial charge in [-0.05, 0) is 56.4 Å². The molecule has 0 amide bonds. The zero-order chi connectivity index (χ0) is 12.9. The first-order valence-electron chi connectivity index (χ1n) is 8.00. The van der Waals surface area contributed by atoms with Crippen molar-refractivity contribution in [3.63, 3.8) is 0 Å². The van der Waals surface area contributed by atoms with Gasteiger partial charge in [0.1, 0.15) is 0 Å². The highest BCUT2D eigenvalue weighted by Gasteiger charge is 2.57. The molecule has 1 N–H and O–H groups in total. The Morgan fingerprint density at radius 3 is 2.32 bits per heavy atom. The molecule has 0 unspecified atom stereocenters. The van der Waals surface area contributed by atoms with E-state index >= 15 is 0 Å². The maximum atomic E-state index is 3.80. The van der Waals surface area contributed by atoms with Crippen LogP contribution in [0.25, 0.3) is 0 Å². The van der Waals surface area contributed by atoms with Crippen molar-refractivity contribution in [2.24, 2.45) is 5.41 Å². The molecule has 1 heteroatoms. The molecule has 3 fully saturated rings. The van der Waals surface area contributed by atoms with E-state index in [4.69, 9.17) is 0 Å². The number of benzene rings is 1. The summed E-state index contributed by atoms with van der Waals surface area (Å²) >= 11 is 0. The van der Waals surface area contributed by atoms with Crippen LogP contribution in [-0.4, -0.2) is 12.6 Å². The standard InChI is InChI=1S/C18H25N/c1-14-3-5-15(6-4-14)18(13-19-16-7-8-16)11-17(12-18)9-2-10-17/h3-6,16,19H,2,7-13H2,1H3. The maximum absolute atomic E-state index is 3.80. The number of hydrogen-bond acceptors (Lipinski definition) is 1. The molecule has 4 rings (SSSR count). The zero-order valence-electron chi connectivity index (χ0n) is 12.0. The minimum atomic E-state index is 0.455. The van der Waals surface area contributed by atoms with Crippen LogP contribution in [0.4, 0.5) is 0 Å². The number of nitrogens with one attached hydrogen (secondary N) is 1. The van der Waals surface area contributed by atoms with Gasteiger partial charge in [-0.15, -0.1) is 0 Å². The summed E-state index contributed by atoms with van der Waals surface area (Å²) in [5.74, 6) is 0. The van der Waals surface area contributed by atoms with Crippen molar-refractivity contribution in [3.05, 3.63) is 35.4 Å². The van der Waals surface area contributed by atoms with Crippen molar-refractivity contribution in [2.45, 2.75) is 63.3 Å². The predicted molar refractivity (Wildman–Crippen MR) is 79.4 cm³/mol. The second-order valence-corrected chi connectivity index (χ2v) is 7.51. The molecule has 1 nitrogen and oxygen atoms in total. The molecule has 0 saturated heterocycles. The van der Waals surface area contributed by atoms with Crippen LogP contribution in [-0.2, 0) is 5.41 Å². The van der Waals surface area contributed by atoms with E-state index in [-0.39, 0.29) is 0 Å². The van der Waals surface area contributed by atoms with Gasteiger partial charge in [0.2, 0.25) is 0 Å². The first-order valence-corrected chi connectivity index (χ1v) is 8.00. The summed E-state index contributed by atoms with van der Waals surface area (Å²) in [6, 6.07) is 10.2. The topological polar surface area (TPSA) is 12.0 Å². The van der Waals surface area contributed by atoms with E-state index in [9.17, 15) is 0 Å². The summed E-state index contributed by atoms with van der Waals surface area (Å²) in [6.45, 7) is 3.40. The van der Waals surface area contributed by atoms with Gasteiger partial charge in [-0.3, -0.25) is 0 Å². The van der Waals surface area contributed by atoms with Crippen LogP contribution in [0.15, 0.2) is 24.3 Å². The number of aryl methyl sites for hydroxylation is 1. The van der Waals surface area contributed by atoms with Gasteiger partial charge in [-0.2, -0.15) is 0 Å². The third kappa shape index (κ3) is 2.03. The van der Waals surface area contributed by atoms with Crippen LogP contribution < -0.4 is 5.32 Å². The highest BCUT2D eigenvalue weighted by Crippen LogP contribution is 2.64. The van der Waals surface area contributed by atoms with Crippen LogP contribution in [0.1, 0.15) is 56.1 Å². The van der Waals surface area contributed by atoms with Gasteiger partial charge in [-0.1, -0.05) is 36.2 Å². The largest absolute Gasteiger partial charge is 0.313 e. The number of hydrogen-bond donors (Lipinski definition) is 1. The average molecular weight is 255 g/mol. The van der Waals surface area contributed by atoms with Gasteiger partial charge in [0.15, 0.2) is 0 Å². The monoisotopic (exact) mass is 255 g/mol. The molecule has 0 aliphatic heterocycles. The molecular weight excluding hydrogens is 230 g/mol. The van der Waals surface area contributed by atoms with Crippen molar-refractivity contribution < 1.29 is 0 Å². The Hall–Kier alpha value is -0.820. The average Bonchev–Trinajstić information content (AvgIpc) is 3.11. The normalized spacial score (nSPS) is 26.8. The van der Waals surface area contributed by atoms with E-state index in [2.05, 4.69) is 36.5 Å². The van der Waals surface area contributed by atoms with Crippen molar-refractivity contribution in [3.8, 4) is 0 Å². The molecule has 0 radical (unpaired) electrons. The predicted octanol–water partition coefficient (Wildman–Crippen LogP) is 3.95. The summed E-state index contributed by atoms with van der Waals surface area (Å²) < 4.78 is 0. The molecule has 1 spiro atoms. The fourth-order valence-electron chi connectivity index (χ4n) is 4.38. The second kappa shape index (κ2) is 4.09. The Kier molecular flexibility index (Phi) is 2.57. The molecule has 3 aliphatic rings. The molecule has 102 valence electrons. The van der Waals surface area contributed by atoms with Crippen LogP contribution in [0.3, 0.4) is 0 Å². The highest BCUT2D eigenvalue weighted by atomic mass is 15.0. The van der Waals surface area contributed by atoms with E-state index in [1.807, 2.05) is 0 Å². The molecular formula is C18H25N. The third-order valence-electron chi connectivity index (χ3n) is 5.81. The Labute approximate surface area is 116 Å². The Balaban J connectivity index is 1.54. The van der Waals surface area contributed by atoms with Crippen molar-refractivity contribution in [1.29, 1.82) is 0 Å². The maximum Gasteiger partial charge on any atom is 0.00884 e. The lowest BCUT2D eigenvalue weighted by Gasteiger charge is -2.62. The lowest BCUT2D eigenvalue weighted by Crippen LogP contribution is -2.57. The van der Waals surface area contributed by atoms with Crippen molar-refractivity contribution in [2.75, 3.05) is 6.54 Å². The lowest BCUT2D eigenvalue weighted by atomic mass is 9.43. The van der Waals surface area contributed by atoms with E-state index in [1.165, 1.54) is 57.1 Å². The Morgan fingerprint density at radius 1 is 1.11 bits per heavy atom. The second-order valence-electron chi connectivity index (χ2n) is 7.51. The summed E-state index contributed by atoms with van der Waals surface area (Å²) in [6.07, 6.45) is 10.1. The van der Waals surface area contributed by atoms with E-state index < -0.39 is 0 Å². The van der Waals surface area contributed by atoms with E-state index in [0.29, 0.717) is 5.41 Å². The minimum Gasteiger partial charge on any atom is -0.313 e. The van der Waals surface area contributed by atoms with Gasteiger partial charge in [-0.25, -0.2) is 0 Å². The van der Waals surface area contributed by atoms with Crippen LogP contribution in [0.2, 0.25) is 0 Å². The molecule has 19 heavy (non-hydrogen) atoms. The van der Waals surface area contributed by atoms with E-state index in [0.717, 1.165) is 11.5 Å². The molecule has 3 aliphatic carbocycles. The number of rotatable bonds is 4. The van der Waals surface area contributed by atoms with Gasteiger partial charge in [0.05, 0.1) is 0 Å². The Bertz CT molecular complexity index is 457. The smallest absolute Gasteiger partial charge is 0.00884 e. The summed E-state index contributed by atoms with van der Waals surface area (Å²) in [5, 5.41) is 3.80. The van der Waals surface area contributed by atoms with Gasteiger partial charge in [0, 0.05) is 18.0 Å². The fourth-order valence-corrected chi connectivity index (χ4v) is 4.38.